The molecule has 2 aromatic carbocycles. The summed E-state index contributed by atoms with van der Waals surface area (Å²) in [7, 11) is -1.99. The summed E-state index contributed by atoms with van der Waals surface area (Å²) in [5.41, 5.74) is 8.09. The van der Waals surface area contributed by atoms with E-state index in [1.165, 1.54) is 0 Å². The summed E-state index contributed by atoms with van der Waals surface area (Å²) < 4.78 is 13.1. The smallest absolute Gasteiger partial charge is 0.248 e. The number of carbonyl (C=O) groups is 2. The highest BCUT2D eigenvalue weighted by atomic mass is 35.5. The number of hydrogen-bond acceptors (Lipinski definition) is 5. The zero-order chi connectivity index (χ0) is 30.8. The standard InChI is InChI=1S/C32H45Cl2N3O4Si/c1-19(2)42(20(3)4,21(5)6)41-24-12-15-37(16-13-24)30(26-11-14-36-32(26)39)29-27(33)17-25(18-28(29)34)40-23-9-7-22(8-10-23)31(35)38/h7-10,17-21,24,26,30H,11-16H2,1-6H3,(H2,35,38)(H,36,39)/t26?,30-/m1/s1. The Kier molecular flexibility index (Phi) is 10.7. The van der Waals surface area contributed by atoms with Gasteiger partial charge in [0.15, 0.2) is 0 Å². The Labute approximate surface area is 261 Å². The second-order valence-electron chi connectivity index (χ2n) is 12.6. The maximum absolute atomic E-state index is 13.0. The van der Waals surface area contributed by atoms with Crippen LogP contribution in [0.3, 0.4) is 0 Å². The molecule has 0 saturated carbocycles. The summed E-state index contributed by atoms with van der Waals surface area (Å²) >= 11 is 13.8. The summed E-state index contributed by atoms with van der Waals surface area (Å²) in [4.78, 5) is 26.8. The van der Waals surface area contributed by atoms with Gasteiger partial charge in [0.25, 0.3) is 0 Å². The zero-order valence-electron chi connectivity index (χ0n) is 25.6. The molecule has 0 aromatic heterocycles. The molecule has 230 valence electrons. The number of hydrogen-bond donors (Lipinski definition) is 2. The Morgan fingerprint density at radius 1 is 0.929 bits per heavy atom. The number of ether oxygens (including phenoxy) is 1. The van der Waals surface area contributed by atoms with Crippen molar-refractivity contribution in [2.24, 2.45) is 11.7 Å². The second kappa shape index (κ2) is 13.7. The monoisotopic (exact) mass is 633 g/mol. The highest BCUT2D eigenvalue weighted by Crippen LogP contribution is 2.46. The van der Waals surface area contributed by atoms with Crippen molar-refractivity contribution in [1.82, 2.24) is 10.2 Å². The lowest BCUT2D eigenvalue weighted by molar-refractivity contribution is -0.124. The molecule has 2 fully saturated rings. The maximum Gasteiger partial charge on any atom is 0.248 e. The number of amides is 2. The number of carbonyl (C=O) groups excluding carboxylic acids is 2. The molecule has 2 saturated heterocycles. The van der Waals surface area contributed by atoms with E-state index in [1.54, 1.807) is 36.4 Å². The SMILES string of the molecule is CC(C)[Si](OC1CCN([C@@H](c2c(Cl)cc(Oc3ccc(C(N)=O)cc3)cc2Cl)C2CCNC2=O)CC1)(C(C)C)C(C)C. The lowest BCUT2D eigenvalue weighted by Gasteiger charge is -2.47. The molecule has 4 rings (SSSR count). The van der Waals surface area contributed by atoms with Crippen molar-refractivity contribution in [3.63, 3.8) is 0 Å². The van der Waals surface area contributed by atoms with Gasteiger partial charge in [0.05, 0.1) is 16.0 Å². The van der Waals surface area contributed by atoms with Gasteiger partial charge in [-0.3, -0.25) is 14.5 Å². The number of nitrogens with two attached hydrogens (primary N) is 1. The Morgan fingerprint density at radius 2 is 1.48 bits per heavy atom. The van der Waals surface area contributed by atoms with E-state index in [0.717, 1.165) is 37.9 Å². The van der Waals surface area contributed by atoms with E-state index in [4.69, 9.17) is 38.1 Å². The van der Waals surface area contributed by atoms with Gasteiger partial charge >= 0.3 is 0 Å². The van der Waals surface area contributed by atoms with E-state index in [2.05, 4.69) is 51.8 Å². The van der Waals surface area contributed by atoms with E-state index in [0.29, 0.717) is 50.3 Å². The number of nitrogens with zero attached hydrogens (tertiary/aromatic N) is 1. The molecule has 10 heteroatoms. The second-order valence-corrected chi connectivity index (χ2v) is 18.8. The van der Waals surface area contributed by atoms with Gasteiger partial charge < -0.3 is 20.2 Å². The molecule has 2 aliphatic rings. The van der Waals surface area contributed by atoms with Crippen LogP contribution in [0, 0.1) is 5.92 Å². The molecule has 0 radical (unpaired) electrons. The number of piperidine rings is 1. The van der Waals surface area contributed by atoms with E-state index >= 15 is 0 Å². The van der Waals surface area contributed by atoms with Crippen LogP contribution < -0.4 is 15.8 Å². The summed E-state index contributed by atoms with van der Waals surface area (Å²) in [6, 6.07) is 9.79. The largest absolute Gasteiger partial charge is 0.457 e. The van der Waals surface area contributed by atoms with E-state index < -0.39 is 14.2 Å². The predicted octanol–water partition coefficient (Wildman–Crippen LogP) is 7.72. The third-order valence-electron chi connectivity index (χ3n) is 9.14. The van der Waals surface area contributed by atoms with Gasteiger partial charge in [0.2, 0.25) is 20.1 Å². The molecular weight excluding hydrogens is 589 g/mol. The van der Waals surface area contributed by atoms with Crippen LogP contribution in [0.4, 0.5) is 0 Å². The number of likely N-dealkylation sites (tertiary alicyclic amines) is 1. The van der Waals surface area contributed by atoms with Crippen molar-refractivity contribution in [1.29, 1.82) is 0 Å². The van der Waals surface area contributed by atoms with Gasteiger partial charge in [-0.1, -0.05) is 64.7 Å². The number of primary amides is 1. The Balaban J connectivity index is 1.56. The molecule has 3 N–H and O–H groups in total. The topological polar surface area (TPSA) is 93.9 Å². The highest BCUT2D eigenvalue weighted by Gasteiger charge is 2.47. The lowest BCUT2D eigenvalue weighted by atomic mass is 9.88. The minimum absolute atomic E-state index is 0.0335. The van der Waals surface area contributed by atoms with Gasteiger partial charge in [0, 0.05) is 42.9 Å². The minimum atomic E-state index is -1.99. The third kappa shape index (κ3) is 6.83. The molecule has 2 atom stereocenters. The van der Waals surface area contributed by atoms with Crippen LogP contribution in [0.15, 0.2) is 36.4 Å². The van der Waals surface area contributed by atoms with Crippen LogP contribution in [0.1, 0.15) is 82.8 Å². The molecule has 2 aromatic rings. The van der Waals surface area contributed by atoms with Crippen molar-refractivity contribution in [2.45, 2.75) is 89.6 Å². The molecule has 2 aliphatic heterocycles. The molecule has 0 aliphatic carbocycles. The van der Waals surface area contributed by atoms with Crippen molar-refractivity contribution < 1.29 is 18.8 Å². The Bertz CT molecular complexity index is 1220. The normalized spacial score (nSPS) is 19.5. The lowest BCUT2D eigenvalue weighted by Crippen LogP contribution is -2.52. The molecule has 7 nitrogen and oxygen atoms in total. The van der Waals surface area contributed by atoms with Crippen LogP contribution >= 0.6 is 23.2 Å². The van der Waals surface area contributed by atoms with Crippen molar-refractivity contribution in [2.75, 3.05) is 19.6 Å². The summed E-state index contributed by atoms with van der Waals surface area (Å²) in [6.45, 7) is 16.2. The molecule has 2 amide bonds. The van der Waals surface area contributed by atoms with Gasteiger partial charge in [-0.25, -0.2) is 0 Å². The Morgan fingerprint density at radius 3 is 1.93 bits per heavy atom. The maximum atomic E-state index is 13.0. The Hall–Kier alpha value is -2.10. The zero-order valence-corrected chi connectivity index (χ0v) is 28.1. The fourth-order valence-corrected chi connectivity index (χ4v) is 13.6. The van der Waals surface area contributed by atoms with Gasteiger partial charge in [-0.05, 0) is 72.3 Å². The predicted molar refractivity (Wildman–Crippen MR) is 172 cm³/mol. The molecule has 1 unspecified atom stereocenters. The fraction of sp³-hybridized carbons (Fsp3) is 0.562. The first kappa shape index (κ1) is 32.8. The average Bonchev–Trinajstić information content (AvgIpc) is 3.34. The number of benzene rings is 2. The van der Waals surface area contributed by atoms with Gasteiger partial charge in [-0.15, -0.1) is 0 Å². The van der Waals surface area contributed by atoms with Crippen LogP contribution in [-0.4, -0.2) is 50.8 Å². The van der Waals surface area contributed by atoms with Crippen molar-refractivity contribution in [3.8, 4) is 11.5 Å². The summed E-state index contributed by atoms with van der Waals surface area (Å²) in [5, 5.41) is 3.92. The molecular formula is C32H45Cl2N3O4Si. The fourth-order valence-electron chi connectivity index (χ4n) is 7.25. The van der Waals surface area contributed by atoms with Crippen molar-refractivity contribution >= 4 is 43.3 Å². The number of rotatable bonds is 11. The molecule has 2 heterocycles. The van der Waals surface area contributed by atoms with E-state index in [-0.39, 0.29) is 24.0 Å². The van der Waals surface area contributed by atoms with E-state index in [9.17, 15) is 9.59 Å². The molecule has 42 heavy (non-hydrogen) atoms. The van der Waals surface area contributed by atoms with Crippen LogP contribution in [0.25, 0.3) is 0 Å². The quantitative estimate of drug-likeness (QED) is 0.247. The van der Waals surface area contributed by atoms with Gasteiger partial charge in [-0.2, -0.15) is 0 Å². The van der Waals surface area contributed by atoms with Crippen LogP contribution in [0.5, 0.6) is 11.5 Å². The summed E-state index contributed by atoms with van der Waals surface area (Å²) in [5.74, 6) is 0.278. The molecule has 0 spiro atoms. The third-order valence-corrected chi connectivity index (χ3v) is 15.9. The highest BCUT2D eigenvalue weighted by molar-refractivity contribution is 6.77. The number of nitrogens with one attached hydrogen (secondary N) is 1. The van der Waals surface area contributed by atoms with Crippen LogP contribution in [0.2, 0.25) is 26.7 Å². The molecule has 0 bridgehead atoms. The van der Waals surface area contributed by atoms with Gasteiger partial charge in [0.1, 0.15) is 11.5 Å². The minimum Gasteiger partial charge on any atom is -0.457 e. The first-order chi connectivity index (χ1) is 19.8. The van der Waals surface area contributed by atoms with E-state index in [1.807, 2.05) is 0 Å². The van der Waals surface area contributed by atoms with Crippen molar-refractivity contribution in [3.05, 3.63) is 57.6 Å². The summed E-state index contributed by atoms with van der Waals surface area (Å²) in [6.07, 6.45) is 2.74. The number of halogens is 2. The first-order valence-corrected chi connectivity index (χ1v) is 18.0. The van der Waals surface area contributed by atoms with Crippen LogP contribution in [-0.2, 0) is 9.22 Å². The average molecular weight is 635 g/mol. The first-order valence-electron chi connectivity index (χ1n) is 15.1.